The molecule has 2 N–H and O–H groups in total. The summed E-state index contributed by atoms with van der Waals surface area (Å²) >= 11 is 0. The van der Waals surface area contributed by atoms with Gasteiger partial charge >= 0.3 is 0 Å². The van der Waals surface area contributed by atoms with Gasteiger partial charge in [0.1, 0.15) is 5.82 Å². The number of halogens is 1. The zero-order chi connectivity index (χ0) is 19.1. The summed E-state index contributed by atoms with van der Waals surface area (Å²) in [4.78, 5) is 24.7. The van der Waals surface area contributed by atoms with Crippen LogP contribution >= 0.6 is 0 Å². The van der Waals surface area contributed by atoms with Gasteiger partial charge in [0.05, 0.1) is 0 Å². The van der Waals surface area contributed by atoms with Crippen LogP contribution in [0.1, 0.15) is 26.3 Å². The van der Waals surface area contributed by atoms with E-state index in [-0.39, 0.29) is 17.6 Å². The number of rotatable bonds is 6. The lowest BCUT2D eigenvalue weighted by molar-refractivity contribution is 0.0954. The molecule has 0 atom stereocenters. The molecule has 0 saturated carbocycles. The van der Waals surface area contributed by atoms with E-state index < -0.39 is 0 Å². The first kappa shape index (κ1) is 18.3. The smallest absolute Gasteiger partial charge is 0.255 e. The molecule has 0 aliphatic rings. The number of carbonyl (C=O) groups excluding carboxylic acids is 2. The maximum absolute atomic E-state index is 12.9. The Morgan fingerprint density at radius 3 is 2.15 bits per heavy atom. The van der Waals surface area contributed by atoms with E-state index in [9.17, 15) is 14.0 Å². The highest BCUT2D eigenvalue weighted by molar-refractivity contribution is 6.06. The third-order valence-corrected chi connectivity index (χ3v) is 4.03. The minimum absolute atomic E-state index is 0.258. The van der Waals surface area contributed by atoms with Crippen molar-refractivity contribution in [3.8, 4) is 0 Å². The Balaban J connectivity index is 1.58. The Morgan fingerprint density at radius 2 is 1.44 bits per heavy atom. The van der Waals surface area contributed by atoms with Gasteiger partial charge in [0.2, 0.25) is 0 Å². The Bertz CT molecular complexity index is 925. The fraction of sp³-hybridized carbons (Fsp3) is 0.0909. The molecule has 0 fully saturated rings. The summed E-state index contributed by atoms with van der Waals surface area (Å²) in [6.07, 6.45) is 0.597. The third kappa shape index (κ3) is 5.25. The lowest BCUT2D eigenvalue weighted by Crippen LogP contribution is -2.26. The number of carbonyl (C=O) groups is 2. The summed E-state index contributed by atoms with van der Waals surface area (Å²) in [5.74, 6) is -0.818. The van der Waals surface area contributed by atoms with E-state index in [0.29, 0.717) is 29.8 Å². The molecule has 0 radical (unpaired) electrons. The molecule has 27 heavy (non-hydrogen) atoms. The molecule has 0 aliphatic carbocycles. The molecule has 3 rings (SSSR count). The average Bonchev–Trinajstić information content (AvgIpc) is 2.70. The predicted molar refractivity (Wildman–Crippen MR) is 103 cm³/mol. The van der Waals surface area contributed by atoms with E-state index in [2.05, 4.69) is 10.6 Å². The molecule has 4 nitrogen and oxygen atoms in total. The minimum Gasteiger partial charge on any atom is -0.352 e. The molecule has 0 heterocycles. The van der Waals surface area contributed by atoms with Crippen LogP contribution in [0.15, 0.2) is 78.9 Å². The molecule has 0 aromatic heterocycles. The largest absolute Gasteiger partial charge is 0.352 e. The highest BCUT2D eigenvalue weighted by atomic mass is 19.1. The third-order valence-electron chi connectivity index (χ3n) is 4.03. The Kier molecular flexibility index (Phi) is 5.94. The molecule has 3 aromatic rings. The van der Waals surface area contributed by atoms with E-state index in [1.54, 1.807) is 48.5 Å². The number of hydrogen-bond donors (Lipinski definition) is 2. The van der Waals surface area contributed by atoms with Gasteiger partial charge in [-0.2, -0.15) is 0 Å². The molecule has 3 aromatic carbocycles. The first-order chi connectivity index (χ1) is 13.1. The van der Waals surface area contributed by atoms with Crippen LogP contribution in [-0.2, 0) is 6.42 Å². The molecule has 5 heteroatoms. The van der Waals surface area contributed by atoms with Gasteiger partial charge in [0, 0.05) is 23.4 Å². The molecule has 136 valence electrons. The van der Waals surface area contributed by atoms with Crippen LogP contribution in [0.25, 0.3) is 0 Å². The zero-order valence-electron chi connectivity index (χ0n) is 14.6. The zero-order valence-corrected chi connectivity index (χ0v) is 14.6. The number of para-hydroxylation sites is 1. The van der Waals surface area contributed by atoms with Gasteiger partial charge < -0.3 is 10.6 Å². The van der Waals surface area contributed by atoms with Crippen LogP contribution < -0.4 is 10.6 Å². The quantitative estimate of drug-likeness (QED) is 0.695. The van der Waals surface area contributed by atoms with Gasteiger partial charge in [-0.15, -0.1) is 0 Å². The van der Waals surface area contributed by atoms with Crippen LogP contribution in [0.2, 0.25) is 0 Å². The summed E-state index contributed by atoms with van der Waals surface area (Å²) < 4.78 is 12.9. The molecule has 0 aliphatic heterocycles. The van der Waals surface area contributed by atoms with Crippen LogP contribution in [-0.4, -0.2) is 18.4 Å². The van der Waals surface area contributed by atoms with Crippen molar-refractivity contribution in [2.45, 2.75) is 6.42 Å². The second kappa shape index (κ2) is 8.76. The fourth-order valence-corrected chi connectivity index (χ4v) is 2.60. The van der Waals surface area contributed by atoms with Gasteiger partial charge in [0.15, 0.2) is 0 Å². The average molecular weight is 362 g/mol. The summed E-state index contributed by atoms with van der Waals surface area (Å²) in [7, 11) is 0. The van der Waals surface area contributed by atoms with Crippen molar-refractivity contribution < 1.29 is 14.0 Å². The summed E-state index contributed by atoms with van der Waals surface area (Å²) in [6.45, 7) is 0.422. The SMILES string of the molecule is O=C(NCCc1ccc(F)cc1)c1cccc(C(=O)Nc2ccccc2)c1. The van der Waals surface area contributed by atoms with Gasteiger partial charge in [0.25, 0.3) is 11.8 Å². The normalized spacial score (nSPS) is 10.3. The van der Waals surface area contributed by atoms with E-state index in [4.69, 9.17) is 0 Å². The van der Waals surface area contributed by atoms with Crippen molar-refractivity contribution in [3.63, 3.8) is 0 Å². The van der Waals surface area contributed by atoms with Crippen molar-refractivity contribution in [2.75, 3.05) is 11.9 Å². The number of anilines is 1. The van der Waals surface area contributed by atoms with E-state index in [1.807, 2.05) is 18.2 Å². The second-order valence-electron chi connectivity index (χ2n) is 6.03. The van der Waals surface area contributed by atoms with Crippen molar-refractivity contribution >= 4 is 17.5 Å². The first-order valence-corrected chi connectivity index (χ1v) is 8.61. The first-order valence-electron chi connectivity index (χ1n) is 8.61. The maximum Gasteiger partial charge on any atom is 0.255 e. The lowest BCUT2D eigenvalue weighted by Gasteiger charge is -2.08. The van der Waals surface area contributed by atoms with Gasteiger partial charge in [-0.05, 0) is 54.4 Å². The molecule has 2 amide bonds. The number of nitrogens with one attached hydrogen (secondary N) is 2. The van der Waals surface area contributed by atoms with Crippen molar-refractivity contribution in [2.24, 2.45) is 0 Å². The highest BCUT2D eigenvalue weighted by Gasteiger charge is 2.10. The van der Waals surface area contributed by atoms with E-state index >= 15 is 0 Å². The standard InChI is InChI=1S/C22H19FN2O2/c23-19-11-9-16(10-12-19)13-14-24-21(26)17-5-4-6-18(15-17)22(27)25-20-7-2-1-3-8-20/h1-12,15H,13-14H2,(H,24,26)(H,25,27). The van der Waals surface area contributed by atoms with Crippen molar-refractivity contribution in [3.05, 3.63) is 101 Å². The van der Waals surface area contributed by atoms with Crippen LogP contribution in [0, 0.1) is 5.82 Å². The van der Waals surface area contributed by atoms with Gasteiger partial charge in [-0.25, -0.2) is 4.39 Å². The summed E-state index contributed by atoms with van der Waals surface area (Å²) in [5.41, 5.74) is 2.45. The minimum atomic E-state index is -0.284. The Morgan fingerprint density at radius 1 is 0.778 bits per heavy atom. The topological polar surface area (TPSA) is 58.2 Å². The van der Waals surface area contributed by atoms with E-state index in [1.165, 1.54) is 12.1 Å². The molecule has 0 spiro atoms. The molecular formula is C22H19FN2O2. The number of hydrogen-bond acceptors (Lipinski definition) is 2. The lowest BCUT2D eigenvalue weighted by atomic mass is 10.1. The number of amides is 2. The summed E-state index contributed by atoms with van der Waals surface area (Å²) in [6, 6.07) is 21.9. The highest BCUT2D eigenvalue weighted by Crippen LogP contribution is 2.11. The van der Waals surface area contributed by atoms with Crippen molar-refractivity contribution in [1.82, 2.24) is 5.32 Å². The Labute approximate surface area is 157 Å². The van der Waals surface area contributed by atoms with Crippen LogP contribution in [0.4, 0.5) is 10.1 Å². The van der Waals surface area contributed by atoms with Gasteiger partial charge in [-0.3, -0.25) is 9.59 Å². The second-order valence-corrected chi connectivity index (χ2v) is 6.03. The molecule has 0 saturated heterocycles. The monoisotopic (exact) mass is 362 g/mol. The van der Waals surface area contributed by atoms with Gasteiger partial charge in [-0.1, -0.05) is 36.4 Å². The fourth-order valence-electron chi connectivity index (χ4n) is 2.60. The van der Waals surface area contributed by atoms with E-state index in [0.717, 1.165) is 5.56 Å². The molecule has 0 unspecified atom stereocenters. The molecule has 0 bridgehead atoms. The Hall–Kier alpha value is -3.47. The van der Waals surface area contributed by atoms with Crippen LogP contribution in [0.3, 0.4) is 0 Å². The predicted octanol–water partition coefficient (Wildman–Crippen LogP) is 4.05. The maximum atomic E-state index is 12.9. The summed E-state index contributed by atoms with van der Waals surface area (Å²) in [5, 5.41) is 5.61. The van der Waals surface area contributed by atoms with Crippen LogP contribution in [0.5, 0.6) is 0 Å². The number of benzene rings is 3. The molecular weight excluding hydrogens is 343 g/mol. The van der Waals surface area contributed by atoms with Crippen molar-refractivity contribution in [1.29, 1.82) is 0 Å².